The van der Waals surface area contributed by atoms with Crippen LogP contribution in [-0.4, -0.2) is 36.3 Å². The first kappa shape index (κ1) is 19.4. The highest BCUT2D eigenvalue weighted by Gasteiger charge is 2.35. The van der Waals surface area contributed by atoms with E-state index in [-0.39, 0.29) is 30.1 Å². The standard InChI is InChI=1S/C19H15BrFNO4S/c1-25-16-7-2-13(20)10-12(16)11-17-18(23)22(19(24)27-17)8-9-26-15-5-3-14(21)4-6-15/h2-7,10-11H,8-9H2,1H3/b17-11-. The van der Waals surface area contributed by atoms with E-state index in [0.29, 0.717) is 22.0 Å². The number of hydrogen-bond acceptors (Lipinski definition) is 5. The molecule has 1 heterocycles. The number of methoxy groups -OCH3 is 1. The number of rotatable bonds is 6. The van der Waals surface area contributed by atoms with Crippen LogP contribution in [0.1, 0.15) is 5.56 Å². The summed E-state index contributed by atoms with van der Waals surface area (Å²) in [4.78, 5) is 26.2. The summed E-state index contributed by atoms with van der Waals surface area (Å²) in [5.41, 5.74) is 0.694. The molecule has 2 aromatic rings. The number of benzene rings is 2. The number of thioether (sulfide) groups is 1. The second kappa shape index (κ2) is 8.58. The largest absolute Gasteiger partial charge is 0.496 e. The monoisotopic (exact) mass is 451 g/mol. The van der Waals surface area contributed by atoms with E-state index in [4.69, 9.17) is 9.47 Å². The van der Waals surface area contributed by atoms with Gasteiger partial charge in [-0.15, -0.1) is 0 Å². The zero-order valence-corrected chi connectivity index (χ0v) is 16.7. The molecular formula is C19H15BrFNO4S. The molecular weight excluding hydrogens is 437 g/mol. The van der Waals surface area contributed by atoms with E-state index in [2.05, 4.69) is 15.9 Å². The van der Waals surface area contributed by atoms with Gasteiger partial charge in [0.25, 0.3) is 11.1 Å². The van der Waals surface area contributed by atoms with Gasteiger partial charge in [0.1, 0.15) is 23.9 Å². The Morgan fingerprint density at radius 3 is 2.63 bits per heavy atom. The van der Waals surface area contributed by atoms with E-state index in [0.717, 1.165) is 21.1 Å². The van der Waals surface area contributed by atoms with E-state index in [9.17, 15) is 14.0 Å². The van der Waals surface area contributed by atoms with E-state index < -0.39 is 0 Å². The van der Waals surface area contributed by atoms with Crippen LogP contribution in [0.2, 0.25) is 0 Å². The highest BCUT2D eigenvalue weighted by molar-refractivity contribution is 9.10. The van der Waals surface area contributed by atoms with Crippen LogP contribution in [0.15, 0.2) is 51.8 Å². The molecule has 0 spiro atoms. The van der Waals surface area contributed by atoms with Crippen molar-refractivity contribution in [2.45, 2.75) is 0 Å². The number of carbonyl (C=O) groups excluding carboxylic acids is 2. The Kier molecular flexibility index (Phi) is 6.18. The molecule has 0 radical (unpaired) electrons. The maximum absolute atomic E-state index is 12.9. The third kappa shape index (κ3) is 4.70. The molecule has 5 nitrogen and oxygen atoms in total. The van der Waals surface area contributed by atoms with Gasteiger partial charge in [0.2, 0.25) is 0 Å². The van der Waals surface area contributed by atoms with Crippen molar-refractivity contribution in [1.82, 2.24) is 4.90 Å². The van der Waals surface area contributed by atoms with Gasteiger partial charge in [-0.1, -0.05) is 15.9 Å². The van der Waals surface area contributed by atoms with Gasteiger partial charge in [0, 0.05) is 10.0 Å². The van der Waals surface area contributed by atoms with E-state index in [1.165, 1.54) is 24.3 Å². The topological polar surface area (TPSA) is 55.8 Å². The third-order valence-corrected chi connectivity index (χ3v) is 5.15. The van der Waals surface area contributed by atoms with Gasteiger partial charge in [-0.2, -0.15) is 0 Å². The SMILES string of the molecule is COc1ccc(Br)cc1/C=C1\SC(=O)N(CCOc2ccc(F)cc2)C1=O. The number of imide groups is 1. The lowest BCUT2D eigenvalue weighted by Gasteiger charge is -2.13. The highest BCUT2D eigenvalue weighted by atomic mass is 79.9. The Labute approximate surface area is 168 Å². The molecule has 1 aliphatic rings. The minimum atomic E-state index is -0.380. The molecule has 0 atom stereocenters. The molecule has 2 aromatic carbocycles. The first-order valence-corrected chi connectivity index (χ1v) is 9.56. The van der Waals surface area contributed by atoms with Crippen molar-refractivity contribution in [3.63, 3.8) is 0 Å². The lowest BCUT2D eigenvalue weighted by Crippen LogP contribution is -2.32. The second-order valence-corrected chi connectivity index (χ2v) is 7.43. The van der Waals surface area contributed by atoms with Gasteiger partial charge < -0.3 is 9.47 Å². The summed E-state index contributed by atoms with van der Waals surface area (Å²) >= 11 is 4.25. The van der Waals surface area contributed by atoms with E-state index in [1.54, 1.807) is 19.3 Å². The first-order chi connectivity index (χ1) is 13.0. The van der Waals surface area contributed by atoms with Crippen LogP contribution in [0.5, 0.6) is 11.5 Å². The maximum atomic E-state index is 12.9. The summed E-state index contributed by atoms with van der Waals surface area (Å²) in [5, 5.41) is -0.358. The van der Waals surface area contributed by atoms with Crippen LogP contribution in [0.3, 0.4) is 0 Å². The van der Waals surface area contributed by atoms with Crippen LogP contribution in [-0.2, 0) is 4.79 Å². The molecule has 0 saturated carbocycles. The fourth-order valence-corrected chi connectivity index (χ4v) is 3.67. The summed E-state index contributed by atoms with van der Waals surface area (Å²) < 4.78 is 24.5. The van der Waals surface area contributed by atoms with Gasteiger partial charge in [0.05, 0.1) is 18.6 Å². The predicted molar refractivity (Wildman–Crippen MR) is 105 cm³/mol. The Morgan fingerprint density at radius 2 is 1.93 bits per heavy atom. The zero-order valence-electron chi connectivity index (χ0n) is 14.3. The van der Waals surface area contributed by atoms with Crippen LogP contribution in [0.25, 0.3) is 6.08 Å². The molecule has 0 unspecified atom stereocenters. The quantitative estimate of drug-likeness (QED) is 0.595. The van der Waals surface area contributed by atoms with Crippen LogP contribution in [0.4, 0.5) is 9.18 Å². The lowest BCUT2D eigenvalue weighted by atomic mass is 10.2. The van der Waals surface area contributed by atoms with Crippen molar-refractivity contribution in [2.75, 3.05) is 20.3 Å². The number of halogens is 2. The fourth-order valence-electron chi connectivity index (χ4n) is 2.44. The maximum Gasteiger partial charge on any atom is 0.293 e. The first-order valence-electron chi connectivity index (χ1n) is 7.95. The second-order valence-electron chi connectivity index (χ2n) is 5.52. The summed E-state index contributed by atoms with van der Waals surface area (Å²) in [7, 11) is 1.54. The molecule has 140 valence electrons. The minimum absolute atomic E-state index is 0.106. The molecule has 8 heteroatoms. The Morgan fingerprint density at radius 1 is 1.19 bits per heavy atom. The Balaban J connectivity index is 1.68. The molecule has 0 bridgehead atoms. The molecule has 3 rings (SSSR count). The average molecular weight is 452 g/mol. The fraction of sp³-hybridized carbons (Fsp3) is 0.158. The van der Waals surface area contributed by atoms with Crippen LogP contribution < -0.4 is 9.47 Å². The molecule has 1 saturated heterocycles. The van der Waals surface area contributed by atoms with Gasteiger partial charge in [-0.3, -0.25) is 14.5 Å². The van der Waals surface area contributed by atoms with Gasteiger partial charge in [-0.25, -0.2) is 4.39 Å². The minimum Gasteiger partial charge on any atom is -0.496 e. The average Bonchev–Trinajstić information content (AvgIpc) is 2.91. The summed E-state index contributed by atoms with van der Waals surface area (Å²) in [5.74, 6) is 0.332. The number of ether oxygens (including phenoxy) is 2. The third-order valence-electron chi connectivity index (χ3n) is 3.75. The van der Waals surface area contributed by atoms with Crippen molar-refractivity contribution in [3.8, 4) is 11.5 Å². The Bertz CT molecular complexity index is 901. The zero-order chi connectivity index (χ0) is 19.4. The molecule has 1 aliphatic heterocycles. The Hall–Kier alpha value is -2.32. The van der Waals surface area contributed by atoms with E-state index >= 15 is 0 Å². The van der Waals surface area contributed by atoms with Crippen LogP contribution >= 0.6 is 27.7 Å². The van der Waals surface area contributed by atoms with Crippen molar-refractivity contribution in [3.05, 3.63) is 63.2 Å². The van der Waals surface area contributed by atoms with Crippen molar-refractivity contribution in [2.24, 2.45) is 0 Å². The highest BCUT2D eigenvalue weighted by Crippen LogP contribution is 2.34. The van der Waals surface area contributed by atoms with Crippen molar-refractivity contribution >= 4 is 44.9 Å². The number of hydrogen-bond donors (Lipinski definition) is 0. The lowest BCUT2D eigenvalue weighted by molar-refractivity contribution is -0.123. The molecule has 0 aliphatic carbocycles. The van der Waals surface area contributed by atoms with Crippen LogP contribution in [0, 0.1) is 5.82 Å². The molecule has 1 fully saturated rings. The summed E-state index contributed by atoms with van der Waals surface area (Å²) in [6, 6.07) is 11.0. The number of carbonyl (C=O) groups is 2. The summed E-state index contributed by atoms with van der Waals surface area (Å²) in [6.07, 6.45) is 1.63. The smallest absolute Gasteiger partial charge is 0.293 e. The van der Waals surface area contributed by atoms with Gasteiger partial charge in [-0.05, 0) is 60.3 Å². The summed E-state index contributed by atoms with van der Waals surface area (Å²) in [6.45, 7) is 0.228. The van der Waals surface area contributed by atoms with Crippen molar-refractivity contribution < 1.29 is 23.5 Å². The van der Waals surface area contributed by atoms with Crippen molar-refractivity contribution in [1.29, 1.82) is 0 Å². The predicted octanol–water partition coefficient (Wildman–Crippen LogP) is 4.71. The molecule has 0 N–H and O–H groups in total. The number of nitrogens with zero attached hydrogens (tertiary/aromatic N) is 1. The van der Waals surface area contributed by atoms with Gasteiger partial charge in [0.15, 0.2) is 0 Å². The molecule has 0 aromatic heterocycles. The number of amides is 2. The normalized spacial score (nSPS) is 15.5. The van der Waals surface area contributed by atoms with Gasteiger partial charge >= 0.3 is 0 Å². The van der Waals surface area contributed by atoms with E-state index in [1.807, 2.05) is 12.1 Å². The molecule has 27 heavy (non-hydrogen) atoms. The molecule has 2 amide bonds.